The smallest absolute Gasteiger partial charge is 0.261 e. The van der Waals surface area contributed by atoms with Crippen molar-refractivity contribution in [3.63, 3.8) is 0 Å². The normalized spacial score (nSPS) is 13.1. The number of anilines is 1. The summed E-state index contributed by atoms with van der Waals surface area (Å²) < 4.78 is 13.8. The summed E-state index contributed by atoms with van der Waals surface area (Å²) in [6.45, 7) is -0.0322. The standard InChI is InChI=1S/C20H14FN3O3/c21-15-7-3-6-14-16(8-10-22-18(14)15)23-17(25)9-11-24-19(26)12-4-1-2-5-13(12)20(24)27/h1-8,10H,9,11H2,(H,22,23,25). The maximum atomic E-state index is 13.8. The fourth-order valence-corrected chi connectivity index (χ4v) is 3.12. The molecule has 0 saturated carbocycles. The first kappa shape index (κ1) is 16.8. The van der Waals surface area contributed by atoms with Crippen LogP contribution in [0.15, 0.2) is 54.7 Å². The lowest BCUT2D eigenvalue weighted by molar-refractivity contribution is -0.116. The molecule has 7 heteroatoms. The Morgan fingerprint density at radius 2 is 1.70 bits per heavy atom. The van der Waals surface area contributed by atoms with Crippen LogP contribution >= 0.6 is 0 Å². The third kappa shape index (κ3) is 2.93. The molecule has 0 bridgehead atoms. The van der Waals surface area contributed by atoms with E-state index in [-0.39, 0.29) is 24.4 Å². The zero-order valence-corrected chi connectivity index (χ0v) is 14.1. The van der Waals surface area contributed by atoms with Gasteiger partial charge in [-0.25, -0.2) is 4.39 Å². The SMILES string of the molecule is O=C(CCN1C(=O)c2ccccc2C1=O)Nc1ccnc2c(F)cccc12. The van der Waals surface area contributed by atoms with Crippen LogP contribution in [0.2, 0.25) is 0 Å². The molecule has 1 aromatic heterocycles. The van der Waals surface area contributed by atoms with Crippen molar-refractivity contribution < 1.29 is 18.8 Å². The first-order valence-electron chi connectivity index (χ1n) is 8.34. The first-order chi connectivity index (χ1) is 13.1. The zero-order chi connectivity index (χ0) is 19.0. The van der Waals surface area contributed by atoms with E-state index in [1.165, 1.54) is 18.3 Å². The summed E-state index contributed by atoms with van der Waals surface area (Å²) in [5, 5.41) is 3.17. The summed E-state index contributed by atoms with van der Waals surface area (Å²) in [5.74, 6) is -1.67. The number of nitrogens with zero attached hydrogens (tertiary/aromatic N) is 2. The summed E-state index contributed by atoms with van der Waals surface area (Å²) >= 11 is 0. The fraction of sp³-hybridized carbons (Fsp3) is 0.100. The van der Waals surface area contributed by atoms with Crippen molar-refractivity contribution in [1.82, 2.24) is 9.88 Å². The lowest BCUT2D eigenvalue weighted by Gasteiger charge is -2.14. The molecule has 0 spiro atoms. The Bertz CT molecular complexity index is 1060. The number of carbonyl (C=O) groups excluding carboxylic acids is 3. The summed E-state index contributed by atoms with van der Waals surface area (Å²) in [6.07, 6.45) is 1.34. The van der Waals surface area contributed by atoms with E-state index < -0.39 is 17.6 Å². The maximum Gasteiger partial charge on any atom is 0.261 e. The second kappa shape index (κ2) is 6.60. The van der Waals surface area contributed by atoms with Gasteiger partial charge in [-0.15, -0.1) is 0 Å². The molecule has 0 radical (unpaired) electrons. The molecule has 3 aromatic rings. The number of halogens is 1. The number of imide groups is 1. The quantitative estimate of drug-likeness (QED) is 0.723. The van der Waals surface area contributed by atoms with Crippen LogP contribution < -0.4 is 5.32 Å². The Morgan fingerprint density at radius 3 is 2.41 bits per heavy atom. The van der Waals surface area contributed by atoms with Crippen molar-refractivity contribution in [3.05, 3.63) is 71.7 Å². The summed E-state index contributed by atoms with van der Waals surface area (Å²) in [7, 11) is 0. The van der Waals surface area contributed by atoms with Crippen molar-refractivity contribution in [2.45, 2.75) is 6.42 Å². The minimum absolute atomic E-state index is 0.0322. The highest BCUT2D eigenvalue weighted by atomic mass is 19.1. The molecule has 4 rings (SSSR count). The maximum absolute atomic E-state index is 13.8. The van der Waals surface area contributed by atoms with Gasteiger partial charge in [0.1, 0.15) is 11.3 Å². The zero-order valence-electron chi connectivity index (χ0n) is 14.1. The number of fused-ring (bicyclic) bond motifs is 2. The molecule has 3 amide bonds. The van der Waals surface area contributed by atoms with Crippen LogP contribution in [0.5, 0.6) is 0 Å². The van der Waals surface area contributed by atoms with Crippen molar-refractivity contribution in [3.8, 4) is 0 Å². The van der Waals surface area contributed by atoms with E-state index in [2.05, 4.69) is 10.3 Å². The van der Waals surface area contributed by atoms with Crippen LogP contribution in [0.25, 0.3) is 10.9 Å². The molecule has 2 heterocycles. The van der Waals surface area contributed by atoms with Crippen LogP contribution in [0.3, 0.4) is 0 Å². The van der Waals surface area contributed by atoms with E-state index in [0.717, 1.165) is 4.90 Å². The average Bonchev–Trinajstić information content (AvgIpc) is 2.92. The lowest BCUT2D eigenvalue weighted by atomic mass is 10.1. The Balaban J connectivity index is 1.47. The molecule has 0 aliphatic carbocycles. The van der Waals surface area contributed by atoms with Gasteiger partial charge < -0.3 is 5.32 Å². The van der Waals surface area contributed by atoms with Crippen molar-refractivity contribution in [2.24, 2.45) is 0 Å². The van der Waals surface area contributed by atoms with Crippen molar-refractivity contribution >= 4 is 34.3 Å². The number of para-hydroxylation sites is 1. The largest absolute Gasteiger partial charge is 0.325 e. The monoisotopic (exact) mass is 363 g/mol. The van der Waals surface area contributed by atoms with Gasteiger partial charge in [0.2, 0.25) is 5.91 Å². The lowest BCUT2D eigenvalue weighted by Crippen LogP contribution is -2.32. The minimum atomic E-state index is -0.477. The molecular weight excluding hydrogens is 349 g/mol. The van der Waals surface area contributed by atoms with Gasteiger partial charge in [-0.1, -0.05) is 24.3 Å². The highest BCUT2D eigenvalue weighted by Gasteiger charge is 2.34. The van der Waals surface area contributed by atoms with E-state index in [4.69, 9.17) is 0 Å². The second-order valence-corrected chi connectivity index (χ2v) is 6.10. The van der Waals surface area contributed by atoms with Gasteiger partial charge >= 0.3 is 0 Å². The summed E-state index contributed by atoms with van der Waals surface area (Å²) in [5.41, 5.74) is 1.28. The molecule has 0 fully saturated rings. The molecule has 1 N–H and O–H groups in total. The van der Waals surface area contributed by atoms with Crippen molar-refractivity contribution in [2.75, 3.05) is 11.9 Å². The van der Waals surface area contributed by atoms with E-state index in [9.17, 15) is 18.8 Å². The Kier molecular flexibility index (Phi) is 4.12. The number of pyridine rings is 1. The molecular formula is C20H14FN3O3. The topological polar surface area (TPSA) is 79.4 Å². The second-order valence-electron chi connectivity index (χ2n) is 6.10. The van der Waals surface area contributed by atoms with Crippen molar-refractivity contribution in [1.29, 1.82) is 0 Å². The molecule has 1 aliphatic heterocycles. The fourth-order valence-electron chi connectivity index (χ4n) is 3.12. The van der Waals surface area contributed by atoms with Crippen LogP contribution in [-0.4, -0.2) is 34.2 Å². The third-order valence-electron chi connectivity index (χ3n) is 4.44. The van der Waals surface area contributed by atoms with E-state index in [1.807, 2.05) is 0 Å². The molecule has 134 valence electrons. The van der Waals surface area contributed by atoms with Crippen LogP contribution in [0.4, 0.5) is 10.1 Å². The predicted octanol–water partition coefficient (Wildman–Crippen LogP) is 3.00. The minimum Gasteiger partial charge on any atom is -0.325 e. The number of amides is 3. The molecule has 2 aromatic carbocycles. The number of benzene rings is 2. The Morgan fingerprint density at radius 1 is 1.00 bits per heavy atom. The van der Waals surface area contributed by atoms with Gasteiger partial charge in [-0.2, -0.15) is 0 Å². The predicted molar refractivity (Wildman–Crippen MR) is 96.8 cm³/mol. The third-order valence-corrected chi connectivity index (χ3v) is 4.44. The van der Waals surface area contributed by atoms with Gasteiger partial charge in [0, 0.05) is 24.5 Å². The number of rotatable bonds is 4. The van der Waals surface area contributed by atoms with E-state index >= 15 is 0 Å². The average molecular weight is 363 g/mol. The Labute approximate surface area is 153 Å². The summed E-state index contributed by atoms with van der Waals surface area (Å²) in [4.78, 5) is 42.0. The Hall–Kier alpha value is -3.61. The van der Waals surface area contributed by atoms with Crippen LogP contribution in [0, 0.1) is 5.82 Å². The molecule has 0 unspecified atom stereocenters. The van der Waals surface area contributed by atoms with Gasteiger partial charge in [0.15, 0.2) is 0 Å². The van der Waals surface area contributed by atoms with E-state index in [0.29, 0.717) is 22.2 Å². The summed E-state index contributed by atoms with van der Waals surface area (Å²) in [6, 6.07) is 12.6. The molecule has 6 nitrogen and oxygen atoms in total. The number of carbonyl (C=O) groups is 3. The van der Waals surface area contributed by atoms with Gasteiger partial charge in [0.25, 0.3) is 11.8 Å². The first-order valence-corrected chi connectivity index (χ1v) is 8.34. The van der Waals surface area contributed by atoms with Crippen LogP contribution in [-0.2, 0) is 4.79 Å². The van der Waals surface area contributed by atoms with Gasteiger partial charge in [-0.05, 0) is 24.3 Å². The molecule has 27 heavy (non-hydrogen) atoms. The molecule has 0 saturated heterocycles. The highest BCUT2D eigenvalue weighted by Crippen LogP contribution is 2.24. The molecule has 0 atom stereocenters. The van der Waals surface area contributed by atoms with E-state index in [1.54, 1.807) is 36.4 Å². The number of aromatic nitrogens is 1. The number of nitrogens with one attached hydrogen (secondary N) is 1. The number of hydrogen-bond donors (Lipinski definition) is 1. The molecule has 1 aliphatic rings. The highest BCUT2D eigenvalue weighted by molar-refractivity contribution is 6.21. The van der Waals surface area contributed by atoms with Gasteiger partial charge in [-0.3, -0.25) is 24.3 Å². The number of hydrogen-bond acceptors (Lipinski definition) is 4. The van der Waals surface area contributed by atoms with Crippen LogP contribution in [0.1, 0.15) is 27.1 Å². The van der Waals surface area contributed by atoms with Gasteiger partial charge in [0.05, 0.1) is 16.8 Å².